The van der Waals surface area contributed by atoms with Gasteiger partial charge in [-0.2, -0.15) is 4.98 Å². The van der Waals surface area contributed by atoms with E-state index in [9.17, 15) is 24.2 Å². The summed E-state index contributed by atoms with van der Waals surface area (Å²) in [7, 11) is 0. The molecule has 1 saturated heterocycles. The molecule has 1 fully saturated rings. The standard InChI is InChI=1S/C15H22FN3O6/c1-4-7(2)6-24-15(23)18-12-9(16)5-19(14(22)17-12)13-11(21)10(20)8(3)25-13/h5,7-8,10-11,13,20-21H,4,6H2,1-3H3,(H,17,18,22,23). The van der Waals surface area contributed by atoms with Crippen LogP contribution >= 0.6 is 0 Å². The summed E-state index contributed by atoms with van der Waals surface area (Å²) in [6.45, 7) is 5.48. The Bertz CT molecular complexity index is 682. The van der Waals surface area contributed by atoms with E-state index in [-0.39, 0.29) is 12.5 Å². The van der Waals surface area contributed by atoms with Gasteiger partial charge in [0.2, 0.25) is 0 Å². The molecule has 1 aromatic rings. The number of rotatable bonds is 5. The van der Waals surface area contributed by atoms with Crippen molar-refractivity contribution < 1.29 is 28.9 Å². The summed E-state index contributed by atoms with van der Waals surface area (Å²) in [5.74, 6) is -1.45. The first kappa shape index (κ1) is 19.3. The Morgan fingerprint density at radius 1 is 1.52 bits per heavy atom. The lowest BCUT2D eigenvalue weighted by Crippen LogP contribution is -2.36. The van der Waals surface area contributed by atoms with Crippen LogP contribution in [0.25, 0.3) is 0 Å². The molecule has 1 amide bonds. The molecule has 0 radical (unpaired) electrons. The summed E-state index contributed by atoms with van der Waals surface area (Å²) in [6, 6.07) is 0. The van der Waals surface area contributed by atoms with Crippen molar-refractivity contribution in [3.63, 3.8) is 0 Å². The molecule has 1 aliphatic rings. The van der Waals surface area contributed by atoms with Gasteiger partial charge in [-0.1, -0.05) is 20.3 Å². The molecule has 0 bridgehead atoms. The minimum atomic E-state index is -1.41. The fourth-order valence-corrected chi connectivity index (χ4v) is 2.24. The smallest absolute Gasteiger partial charge is 0.412 e. The number of halogens is 1. The second-order valence-corrected chi connectivity index (χ2v) is 6.08. The number of carbonyl (C=O) groups excluding carboxylic acids is 1. The van der Waals surface area contributed by atoms with E-state index in [0.29, 0.717) is 0 Å². The van der Waals surface area contributed by atoms with Gasteiger partial charge in [0.1, 0.15) is 12.2 Å². The van der Waals surface area contributed by atoms with Crippen LogP contribution in [0.5, 0.6) is 0 Å². The third-order valence-corrected chi connectivity index (χ3v) is 4.07. The molecule has 2 rings (SSSR count). The molecule has 5 atom stereocenters. The molecular formula is C15H22FN3O6. The summed E-state index contributed by atoms with van der Waals surface area (Å²) < 4.78 is 25.0. The zero-order valence-electron chi connectivity index (χ0n) is 14.2. The van der Waals surface area contributed by atoms with Crippen molar-refractivity contribution in [1.29, 1.82) is 0 Å². The summed E-state index contributed by atoms with van der Waals surface area (Å²) in [5, 5.41) is 21.6. The van der Waals surface area contributed by atoms with Crippen molar-refractivity contribution in [2.75, 3.05) is 11.9 Å². The molecule has 140 valence electrons. The van der Waals surface area contributed by atoms with Crippen molar-refractivity contribution in [1.82, 2.24) is 9.55 Å². The Morgan fingerprint density at radius 2 is 2.20 bits per heavy atom. The van der Waals surface area contributed by atoms with Gasteiger partial charge in [0.15, 0.2) is 17.9 Å². The molecule has 0 spiro atoms. The lowest BCUT2D eigenvalue weighted by Gasteiger charge is -2.17. The third-order valence-electron chi connectivity index (χ3n) is 4.07. The van der Waals surface area contributed by atoms with Crippen LogP contribution < -0.4 is 11.0 Å². The van der Waals surface area contributed by atoms with E-state index in [1.54, 1.807) is 0 Å². The van der Waals surface area contributed by atoms with Crippen molar-refractivity contribution in [2.24, 2.45) is 5.92 Å². The Balaban J connectivity index is 2.12. The second kappa shape index (κ2) is 7.89. The van der Waals surface area contributed by atoms with Gasteiger partial charge in [-0.05, 0) is 12.8 Å². The van der Waals surface area contributed by atoms with Crippen LogP contribution in [0.15, 0.2) is 11.0 Å². The van der Waals surface area contributed by atoms with Gasteiger partial charge >= 0.3 is 11.8 Å². The van der Waals surface area contributed by atoms with Crippen molar-refractivity contribution in [2.45, 2.75) is 51.7 Å². The molecular weight excluding hydrogens is 337 g/mol. The van der Waals surface area contributed by atoms with Crippen molar-refractivity contribution >= 4 is 11.9 Å². The van der Waals surface area contributed by atoms with Crippen LogP contribution in [-0.4, -0.2) is 50.8 Å². The fraction of sp³-hybridized carbons (Fsp3) is 0.667. The maximum absolute atomic E-state index is 14.1. The molecule has 1 aromatic heterocycles. The Hall–Kier alpha value is -2.04. The fourth-order valence-electron chi connectivity index (χ4n) is 2.24. The van der Waals surface area contributed by atoms with Gasteiger partial charge in [-0.15, -0.1) is 0 Å². The normalized spacial score (nSPS) is 27.1. The van der Waals surface area contributed by atoms with E-state index in [0.717, 1.165) is 17.2 Å². The SMILES string of the molecule is CCC(C)COC(=O)Nc1nc(=O)n(C2OC(C)C(O)C2O)cc1F. The van der Waals surface area contributed by atoms with Crippen molar-refractivity contribution in [3.05, 3.63) is 22.5 Å². The lowest BCUT2D eigenvalue weighted by atomic mass is 10.1. The molecule has 2 heterocycles. The third kappa shape index (κ3) is 4.33. The zero-order chi connectivity index (χ0) is 18.7. The number of nitrogens with one attached hydrogen (secondary N) is 1. The molecule has 0 aromatic carbocycles. The average Bonchev–Trinajstić information content (AvgIpc) is 2.83. The maximum atomic E-state index is 14.1. The summed E-state index contributed by atoms with van der Waals surface area (Å²) >= 11 is 0. The average molecular weight is 359 g/mol. The molecule has 0 saturated carbocycles. The Morgan fingerprint density at radius 3 is 2.76 bits per heavy atom. The van der Waals surface area contributed by atoms with Gasteiger partial charge in [-0.25, -0.2) is 14.0 Å². The van der Waals surface area contributed by atoms with Gasteiger partial charge < -0.3 is 19.7 Å². The van der Waals surface area contributed by atoms with E-state index in [1.807, 2.05) is 13.8 Å². The summed E-state index contributed by atoms with van der Waals surface area (Å²) in [6.07, 6.45) is -4.00. The molecule has 25 heavy (non-hydrogen) atoms. The number of aromatic nitrogens is 2. The summed E-state index contributed by atoms with van der Waals surface area (Å²) in [4.78, 5) is 27.1. The van der Waals surface area contributed by atoms with E-state index in [4.69, 9.17) is 9.47 Å². The number of ether oxygens (including phenoxy) is 2. The molecule has 0 aliphatic carbocycles. The topological polar surface area (TPSA) is 123 Å². The van der Waals surface area contributed by atoms with Crippen molar-refractivity contribution in [3.8, 4) is 0 Å². The number of aliphatic hydroxyl groups is 2. The van der Waals surface area contributed by atoms with Crippen LogP contribution in [-0.2, 0) is 9.47 Å². The largest absolute Gasteiger partial charge is 0.449 e. The second-order valence-electron chi connectivity index (χ2n) is 6.08. The Labute approximate surface area is 143 Å². The predicted octanol–water partition coefficient (Wildman–Crippen LogP) is 0.616. The van der Waals surface area contributed by atoms with Gasteiger partial charge in [0.25, 0.3) is 0 Å². The number of nitrogens with zero attached hydrogens (tertiary/aromatic N) is 2. The quantitative estimate of drug-likeness (QED) is 0.704. The first-order valence-electron chi connectivity index (χ1n) is 7.98. The van der Waals surface area contributed by atoms with E-state index in [1.165, 1.54) is 6.92 Å². The number of aliphatic hydroxyl groups excluding tert-OH is 2. The number of carbonyl (C=O) groups is 1. The monoisotopic (exact) mass is 359 g/mol. The first-order chi connectivity index (χ1) is 11.7. The van der Waals surface area contributed by atoms with E-state index in [2.05, 4.69) is 10.3 Å². The number of hydrogen-bond acceptors (Lipinski definition) is 7. The zero-order valence-corrected chi connectivity index (χ0v) is 14.2. The maximum Gasteiger partial charge on any atom is 0.412 e. The van der Waals surface area contributed by atoms with E-state index >= 15 is 0 Å². The molecule has 10 heteroatoms. The highest BCUT2D eigenvalue weighted by molar-refractivity contribution is 5.83. The van der Waals surface area contributed by atoms with Crippen LogP contribution in [0.2, 0.25) is 0 Å². The number of hydrogen-bond donors (Lipinski definition) is 3. The minimum Gasteiger partial charge on any atom is -0.449 e. The molecule has 3 N–H and O–H groups in total. The molecule has 1 aliphatic heterocycles. The Kier molecular flexibility index (Phi) is 6.09. The number of amides is 1. The van der Waals surface area contributed by atoms with Crippen LogP contribution in [0.4, 0.5) is 15.0 Å². The highest BCUT2D eigenvalue weighted by Crippen LogP contribution is 2.28. The lowest BCUT2D eigenvalue weighted by molar-refractivity contribution is -0.0355. The van der Waals surface area contributed by atoms with Gasteiger partial charge in [0, 0.05) is 0 Å². The van der Waals surface area contributed by atoms with Crippen LogP contribution in [0, 0.1) is 11.7 Å². The molecule has 9 nitrogen and oxygen atoms in total. The molecule has 5 unspecified atom stereocenters. The number of anilines is 1. The minimum absolute atomic E-state index is 0.144. The highest BCUT2D eigenvalue weighted by Gasteiger charge is 2.42. The predicted molar refractivity (Wildman–Crippen MR) is 84.5 cm³/mol. The van der Waals surface area contributed by atoms with E-state index < -0.39 is 48.0 Å². The summed E-state index contributed by atoms with van der Waals surface area (Å²) in [5.41, 5.74) is -0.955. The highest BCUT2D eigenvalue weighted by atomic mass is 19.1. The first-order valence-corrected chi connectivity index (χ1v) is 7.98. The van der Waals surface area contributed by atoms with Crippen LogP contribution in [0.3, 0.4) is 0 Å². The van der Waals surface area contributed by atoms with Gasteiger partial charge in [0.05, 0.1) is 18.9 Å². The van der Waals surface area contributed by atoms with Crippen LogP contribution in [0.1, 0.15) is 33.4 Å². The van der Waals surface area contributed by atoms with Gasteiger partial charge in [-0.3, -0.25) is 9.88 Å².